The monoisotopic (exact) mass is 231 g/mol. The Balaban J connectivity index is 2.58. The van der Waals surface area contributed by atoms with Gasteiger partial charge in [-0.05, 0) is 13.8 Å². The lowest BCUT2D eigenvalue weighted by molar-refractivity contribution is 0.572. The van der Waals surface area contributed by atoms with Gasteiger partial charge in [0.05, 0.1) is 23.7 Å². The van der Waals surface area contributed by atoms with E-state index in [0.717, 1.165) is 5.56 Å². The Kier molecular flexibility index (Phi) is 3.87. The van der Waals surface area contributed by atoms with Crippen molar-refractivity contribution in [1.29, 1.82) is 0 Å². The predicted molar refractivity (Wildman–Crippen MR) is 59.0 cm³/mol. The molecule has 0 aliphatic rings. The van der Waals surface area contributed by atoms with Crippen LogP contribution in [0, 0.1) is 0 Å². The lowest BCUT2D eigenvalue weighted by Crippen LogP contribution is -2.21. The average Bonchev–Trinajstić information content (AvgIpc) is 2.62. The van der Waals surface area contributed by atoms with Crippen LogP contribution in [-0.4, -0.2) is 29.2 Å². The van der Waals surface area contributed by atoms with Gasteiger partial charge in [-0.3, -0.25) is 4.68 Å². The fourth-order valence-electron chi connectivity index (χ4n) is 1.09. The Hall–Kier alpha value is -0.880. The van der Waals surface area contributed by atoms with Crippen molar-refractivity contribution in [2.75, 3.05) is 5.75 Å². The maximum Gasteiger partial charge on any atom is 0.154 e. The molecule has 0 aromatic carbocycles. The molecule has 0 radical (unpaired) electrons. The van der Waals surface area contributed by atoms with Crippen LogP contribution in [0.3, 0.4) is 0 Å². The highest BCUT2D eigenvalue weighted by Gasteiger charge is 2.15. The van der Waals surface area contributed by atoms with Crippen LogP contribution in [0.5, 0.6) is 0 Å². The van der Waals surface area contributed by atoms with E-state index >= 15 is 0 Å². The van der Waals surface area contributed by atoms with Gasteiger partial charge in [0.1, 0.15) is 0 Å². The van der Waals surface area contributed by atoms with Crippen LogP contribution >= 0.6 is 0 Å². The van der Waals surface area contributed by atoms with E-state index in [-0.39, 0.29) is 11.0 Å². The van der Waals surface area contributed by atoms with Gasteiger partial charge < -0.3 is 5.73 Å². The molecular weight excluding hydrogens is 214 g/mol. The van der Waals surface area contributed by atoms with Crippen molar-refractivity contribution in [1.82, 2.24) is 9.78 Å². The number of nitrogens with two attached hydrogens (primary N) is 1. The highest BCUT2D eigenvalue weighted by molar-refractivity contribution is 7.91. The molecule has 0 fully saturated rings. The van der Waals surface area contributed by atoms with Crippen molar-refractivity contribution in [2.45, 2.75) is 32.2 Å². The average molecular weight is 231 g/mol. The molecule has 0 saturated heterocycles. The Morgan fingerprint density at radius 1 is 1.53 bits per heavy atom. The molecule has 0 aliphatic heterocycles. The highest BCUT2D eigenvalue weighted by Crippen LogP contribution is 2.02. The van der Waals surface area contributed by atoms with E-state index in [1.807, 2.05) is 0 Å². The van der Waals surface area contributed by atoms with Gasteiger partial charge in [0, 0.05) is 18.3 Å². The van der Waals surface area contributed by atoms with Gasteiger partial charge in [-0.2, -0.15) is 5.10 Å². The van der Waals surface area contributed by atoms with Gasteiger partial charge in [-0.1, -0.05) is 0 Å². The first-order valence-electron chi connectivity index (χ1n) is 4.88. The first-order chi connectivity index (χ1) is 6.95. The topological polar surface area (TPSA) is 78.0 Å². The number of hydrogen-bond acceptors (Lipinski definition) is 4. The van der Waals surface area contributed by atoms with Crippen molar-refractivity contribution >= 4 is 9.84 Å². The van der Waals surface area contributed by atoms with E-state index in [1.54, 1.807) is 30.9 Å². The van der Waals surface area contributed by atoms with Gasteiger partial charge in [0.25, 0.3) is 0 Å². The molecule has 0 atom stereocenters. The summed E-state index contributed by atoms with van der Waals surface area (Å²) in [4.78, 5) is 0. The SMILES string of the molecule is CC(C)S(=O)(=O)CCn1cc(CN)cn1. The van der Waals surface area contributed by atoms with Gasteiger partial charge in [0.15, 0.2) is 9.84 Å². The molecular formula is C9H17N3O2S. The van der Waals surface area contributed by atoms with E-state index in [9.17, 15) is 8.42 Å². The number of nitrogens with zero attached hydrogens (tertiary/aromatic N) is 2. The van der Waals surface area contributed by atoms with Crippen LogP contribution in [0.1, 0.15) is 19.4 Å². The molecule has 0 aliphatic carbocycles. The second-order valence-electron chi connectivity index (χ2n) is 3.73. The Labute approximate surface area is 90.2 Å². The lowest BCUT2D eigenvalue weighted by atomic mass is 10.4. The second kappa shape index (κ2) is 4.76. The van der Waals surface area contributed by atoms with Gasteiger partial charge in [-0.25, -0.2) is 8.42 Å². The normalized spacial score (nSPS) is 12.3. The quantitative estimate of drug-likeness (QED) is 0.783. The predicted octanol–water partition coefficient (Wildman–Crippen LogP) is 0.165. The Morgan fingerprint density at radius 3 is 2.67 bits per heavy atom. The molecule has 1 aromatic rings. The molecule has 0 saturated carbocycles. The van der Waals surface area contributed by atoms with E-state index in [2.05, 4.69) is 5.10 Å². The van der Waals surface area contributed by atoms with E-state index in [4.69, 9.17) is 5.73 Å². The molecule has 1 rings (SSSR count). The number of aryl methyl sites for hydroxylation is 1. The molecule has 0 amide bonds. The third-order valence-corrected chi connectivity index (χ3v) is 4.43. The maximum absolute atomic E-state index is 11.5. The lowest BCUT2D eigenvalue weighted by Gasteiger charge is -2.07. The summed E-state index contributed by atoms with van der Waals surface area (Å²) in [5.74, 6) is 0.121. The van der Waals surface area contributed by atoms with Crippen molar-refractivity contribution in [3.8, 4) is 0 Å². The summed E-state index contributed by atoms with van der Waals surface area (Å²) in [6.45, 7) is 4.19. The highest BCUT2D eigenvalue weighted by atomic mass is 32.2. The summed E-state index contributed by atoms with van der Waals surface area (Å²) < 4.78 is 24.6. The fraction of sp³-hybridized carbons (Fsp3) is 0.667. The smallest absolute Gasteiger partial charge is 0.154 e. The molecule has 0 spiro atoms. The maximum atomic E-state index is 11.5. The minimum Gasteiger partial charge on any atom is -0.326 e. The molecule has 6 heteroatoms. The standard InChI is InChI=1S/C9H17N3O2S/c1-8(2)15(13,14)4-3-12-7-9(5-10)6-11-12/h6-8H,3-5,10H2,1-2H3. The van der Waals surface area contributed by atoms with Crippen LogP contribution in [0.4, 0.5) is 0 Å². The van der Waals surface area contributed by atoms with Crippen LogP contribution in [0.15, 0.2) is 12.4 Å². The molecule has 1 aromatic heterocycles. The minimum absolute atomic E-state index is 0.121. The Morgan fingerprint density at radius 2 is 2.20 bits per heavy atom. The van der Waals surface area contributed by atoms with Crippen molar-refractivity contribution < 1.29 is 8.42 Å². The summed E-state index contributed by atoms with van der Waals surface area (Å²) in [6, 6.07) is 0. The number of rotatable bonds is 5. The summed E-state index contributed by atoms with van der Waals surface area (Å²) in [6.07, 6.45) is 3.43. The van der Waals surface area contributed by atoms with Gasteiger partial charge in [0.2, 0.25) is 0 Å². The zero-order valence-electron chi connectivity index (χ0n) is 9.05. The Bertz CT molecular complexity index is 409. The number of aromatic nitrogens is 2. The number of hydrogen-bond donors (Lipinski definition) is 1. The molecule has 2 N–H and O–H groups in total. The van der Waals surface area contributed by atoms with Gasteiger partial charge in [-0.15, -0.1) is 0 Å². The third kappa shape index (κ3) is 3.32. The second-order valence-corrected chi connectivity index (χ2v) is 6.41. The van der Waals surface area contributed by atoms with Crippen LogP contribution in [0.2, 0.25) is 0 Å². The first-order valence-corrected chi connectivity index (χ1v) is 6.60. The van der Waals surface area contributed by atoms with Gasteiger partial charge >= 0.3 is 0 Å². The van der Waals surface area contributed by atoms with E-state index in [0.29, 0.717) is 13.1 Å². The number of sulfone groups is 1. The molecule has 0 unspecified atom stereocenters. The zero-order chi connectivity index (χ0) is 11.5. The summed E-state index contributed by atoms with van der Waals surface area (Å²) in [5.41, 5.74) is 6.34. The summed E-state index contributed by atoms with van der Waals surface area (Å²) in [7, 11) is -2.99. The molecule has 0 bridgehead atoms. The zero-order valence-corrected chi connectivity index (χ0v) is 9.87. The van der Waals surface area contributed by atoms with Crippen LogP contribution in [0.25, 0.3) is 0 Å². The van der Waals surface area contributed by atoms with Crippen molar-refractivity contribution in [3.63, 3.8) is 0 Å². The largest absolute Gasteiger partial charge is 0.326 e. The van der Waals surface area contributed by atoms with Crippen molar-refractivity contribution in [2.24, 2.45) is 5.73 Å². The fourth-order valence-corrected chi connectivity index (χ4v) is 2.00. The molecule has 5 nitrogen and oxygen atoms in total. The van der Waals surface area contributed by atoms with E-state index < -0.39 is 9.84 Å². The summed E-state index contributed by atoms with van der Waals surface area (Å²) in [5, 5.41) is 3.69. The van der Waals surface area contributed by atoms with Crippen LogP contribution in [-0.2, 0) is 22.9 Å². The minimum atomic E-state index is -2.99. The van der Waals surface area contributed by atoms with Crippen LogP contribution < -0.4 is 5.73 Å². The first kappa shape index (κ1) is 12.2. The molecule has 1 heterocycles. The molecule has 86 valence electrons. The summed E-state index contributed by atoms with van der Waals surface area (Å²) >= 11 is 0. The molecule has 15 heavy (non-hydrogen) atoms. The third-order valence-electron chi connectivity index (χ3n) is 2.25. The van der Waals surface area contributed by atoms with E-state index in [1.165, 1.54) is 0 Å². The van der Waals surface area contributed by atoms with Crippen molar-refractivity contribution in [3.05, 3.63) is 18.0 Å².